The number of halogens is 3. The molecule has 216 valence electrons. The van der Waals surface area contributed by atoms with Crippen LogP contribution in [-0.2, 0) is 15.7 Å². The molecule has 2 amide bonds. The van der Waals surface area contributed by atoms with E-state index in [1.807, 2.05) is 0 Å². The van der Waals surface area contributed by atoms with Gasteiger partial charge in [0.15, 0.2) is 0 Å². The number of fused-ring (bicyclic) bond motifs is 1. The minimum atomic E-state index is -4.48. The average Bonchev–Trinajstić information content (AvgIpc) is 3.00. The van der Waals surface area contributed by atoms with E-state index in [0.717, 1.165) is 12.1 Å². The lowest BCUT2D eigenvalue weighted by molar-refractivity contribution is -0.147. The molecule has 2 N–H and O–H groups in total. The summed E-state index contributed by atoms with van der Waals surface area (Å²) < 4.78 is 44.2. The Balaban J connectivity index is 1.33. The van der Waals surface area contributed by atoms with Crippen molar-refractivity contribution in [3.8, 4) is 11.3 Å². The molecule has 1 atom stereocenters. The molecule has 0 aliphatic carbocycles. The van der Waals surface area contributed by atoms with Crippen LogP contribution in [0.15, 0.2) is 103 Å². The van der Waals surface area contributed by atoms with E-state index in [2.05, 4.69) is 20.6 Å². The predicted molar refractivity (Wildman–Crippen MR) is 153 cm³/mol. The fraction of sp³-hybridized carbons (Fsp3) is 0.0938. The molecule has 3 aromatic carbocycles. The highest BCUT2D eigenvalue weighted by molar-refractivity contribution is 6.08. The van der Waals surface area contributed by atoms with Gasteiger partial charge in [-0.15, -0.1) is 0 Å². The van der Waals surface area contributed by atoms with Gasteiger partial charge in [-0.3, -0.25) is 19.4 Å². The molecule has 5 aromatic rings. The maximum absolute atomic E-state index is 13.2. The Bertz CT molecular complexity index is 1810. The van der Waals surface area contributed by atoms with Crippen LogP contribution in [0.3, 0.4) is 0 Å². The summed E-state index contributed by atoms with van der Waals surface area (Å²) >= 11 is 0. The normalized spacial score (nSPS) is 11.9. The SMILES string of the molecule is CC(=O)OC(NC(=O)c1ccc2nc(NC(=O)c3cccnc3-c3ccc(C(F)(F)F)cc3)ccc2c1)c1ccccc1. The highest BCUT2D eigenvalue weighted by atomic mass is 19.4. The van der Waals surface area contributed by atoms with Gasteiger partial charge in [0.25, 0.3) is 11.8 Å². The zero-order chi connectivity index (χ0) is 30.6. The van der Waals surface area contributed by atoms with Gasteiger partial charge in [0.05, 0.1) is 22.3 Å². The van der Waals surface area contributed by atoms with Crippen molar-refractivity contribution in [2.75, 3.05) is 5.32 Å². The first-order chi connectivity index (χ1) is 20.6. The van der Waals surface area contributed by atoms with Gasteiger partial charge < -0.3 is 15.4 Å². The number of nitrogens with one attached hydrogen (secondary N) is 2. The first-order valence-electron chi connectivity index (χ1n) is 13.0. The molecule has 8 nitrogen and oxygen atoms in total. The molecule has 2 heterocycles. The van der Waals surface area contributed by atoms with Gasteiger partial charge in [-0.25, -0.2) is 4.98 Å². The summed E-state index contributed by atoms with van der Waals surface area (Å²) in [4.78, 5) is 46.4. The van der Waals surface area contributed by atoms with Crippen LogP contribution in [0, 0.1) is 0 Å². The standard InChI is InChI=1S/C32H23F3N4O4/c1-19(40)43-31(21-6-3-2-4-7-21)39-29(41)23-11-15-26-22(18-23)12-16-27(37-26)38-30(42)25-8-5-17-36-28(25)20-9-13-24(14-10-20)32(33,34)35/h2-18,31H,1H3,(H,39,41)(H,37,38,42). The Kier molecular flexibility index (Phi) is 8.15. The largest absolute Gasteiger partial charge is 0.437 e. The number of anilines is 1. The highest BCUT2D eigenvalue weighted by Crippen LogP contribution is 2.31. The van der Waals surface area contributed by atoms with Gasteiger partial charge in [-0.1, -0.05) is 42.5 Å². The molecule has 0 aliphatic heterocycles. The molecular weight excluding hydrogens is 561 g/mol. The third-order valence-electron chi connectivity index (χ3n) is 6.38. The Labute approximate surface area is 243 Å². The summed E-state index contributed by atoms with van der Waals surface area (Å²) in [5.74, 6) is -1.36. The zero-order valence-electron chi connectivity index (χ0n) is 22.6. The van der Waals surface area contributed by atoms with Crippen molar-refractivity contribution in [2.24, 2.45) is 0 Å². The van der Waals surface area contributed by atoms with Gasteiger partial charge in [0.1, 0.15) is 5.82 Å². The number of alkyl halides is 3. The number of nitrogens with zero attached hydrogens (tertiary/aromatic N) is 2. The molecule has 11 heteroatoms. The summed E-state index contributed by atoms with van der Waals surface area (Å²) in [5, 5.41) is 6.02. The van der Waals surface area contributed by atoms with Crippen LogP contribution < -0.4 is 10.6 Å². The molecule has 0 radical (unpaired) electrons. The van der Waals surface area contributed by atoms with Crippen molar-refractivity contribution in [2.45, 2.75) is 19.3 Å². The molecule has 5 rings (SSSR count). The van der Waals surface area contributed by atoms with Crippen molar-refractivity contribution in [1.29, 1.82) is 0 Å². The van der Waals surface area contributed by atoms with Gasteiger partial charge in [-0.05, 0) is 54.6 Å². The van der Waals surface area contributed by atoms with E-state index < -0.39 is 35.8 Å². The maximum atomic E-state index is 13.2. The topological polar surface area (TPSA) is 110 Å². The summed E-state index contributed by atoms with van der Waals surface area (Å²) in [7, 11) is 0. The van der Waals surface area contributed by atoms with E-state index in [-0.39, 0.29) is 17.1 Å². The summed E-state index contributed by atoms with van der Waals surface area (Å²) in [6.07, 6.45) is -4.01. The first-order valence-corrected chi connectivity index (χ1v) is 13.0. The molecule has 0 saturated heterocycles. The number of pyridine rings is 2. The Morgan fingerprint density at radius 3 is 2.28 bits per heavy atom. The van der Waals surface area contributed by atoms with E-state index in [0.29, 0.717) is 27.6 Å². The second kappa shape index (κ2) is 12.1. The smallest absolute Gasteiger partial charge is 0.416 e. The van der Waals surface area contributed by atoms with Crippen molar-refractivity contribution in [1.82, 2.24) is 15.3 Å². The summed E-state index contributed by atoms with van der Waals surface area (Å²) in [5.41, 5.74) is 1.30. The van der Waals surface area contributed by atoms with Gasteiger partial charge in [0, 0.05) is 35.2 Å². The number of esters is 1. The number of benzene rings is 3. The van der Waals surface area contributed by atoms with Crippen molar-refractivity contribution < 1.29 is 32.3 Å². The van der Waals surface area contributed by atoms with E-state index in [1.165, 1.54) is 31.3 Å². The number of carbonyl (C=O) groups is 3. The minimum absolute atomic E-state index is 0.150. The quantitative estimate of drug-likeness (QED) is 0.166. The molecule has 2 aromatic heterocycles. The van der Waals surface area contributed by atoms with Crippen molar-refractivity contribution in [3.63, 3.8) is 0 Å². The van der Waals surface area contributed by atoms with E-state index in [4.69, 9.17) is 4.74 Å². The second-order valence-corrected chi connectivity index (χ2v) is 9.41. The number of carbonyl (C=O) groups excluding carboxylic acids is 3. The van der Waals surface area contributed by atoms with Crippen LogP contribution >= 0.6 is 0 Å². The molecule has 0 bridgehead atoms. The third-order valence-corrected chi connectivity index (χ3v) is 6.38. The number of rotatable bonds is 7. The number of hydrogen-bond acceptors (Lipinski definition) is 6. The summed E-state index contributed by atoms with van der Waals surface area (Å²) in [6.45, 7) is 1.25. The van der Waals surface area contributed by atoms with Crippen LogP contribution in [0.25, 0.3) is 22.2 Å². The third kappa shape index (κ3) is 6.84. The fourth-order valence-corrected chi connectivity index (χ4v) is 4.33. The molecule has 0 spiro atoms. The molecule has 43 heavy (non-hydrogen) atoms. The molecule has 0 aliphatic rings. The van der Waals surface area contributed by atoms with Crippen LogP contribution in [0.4, 0.5) is 19.0 Å². The summed E-state index contributed by atoms with van der Waals surface area (Å²) in [6, 6.07) is 24.3. The van der Waals surface area contributed by atoms with Crippen molar-refractivity contribution in [3.05, 3.63) is 126 Å². The van der Waals surface area contributed by atoms with Crippen LogP contribution in [-0.4, -0.2) is 27.8 Å². The molecule has 0 fully saturated rings. The number of aromatic nitrogens is 2. The Morgan fingerprint density at radius 2 is 1.58 bits per heavy atom. The maximum Gasteiger partial charge on any atom is 0.416 e. The van der Waals surface area contributed by atoms with E-state index >= 15 is 0 Å². The number of amides is 2. The number of hydrogen-bond donors (Lipinski definition) is 2. The van der Waals surface area contributed by atoms with Gasteiger partial charge in [-0.2, -0.15) is 13.2 Å². The van der Waals surface area contributed by atoms with Gasteiger partial charge >= 0.3 is 12.1 Å². The van der Waals surface area contributed by atoms with E-state index in [1.54, 1.807) is 66.7 Å². The van der Waals surface area contributed by atoms with Crippen molar-refractivity contribution >= 4 is 34.5 Å². The number of ether oxygens (including phenoxy) is 1. The van der Waals surface area contributed by atoms with Crippen LogP contribution in [0.5, 0.6) is 0 Å². The van der Waals surface area contributed by atoms with Crippen LogP contribution in [0.1, 0.15) is 45.0 Å². The van der Waals surface area contributed by atoms with Gasteiger partial charge in [0.2, 0.25) is 6.23 Å². The Morgan fingerprint density at radius 1 is 0.837 bits per heavy atom. The second-order valence-electron chi connectivity index (χ2n) is 9.41. The minimum Gasteiger partial charge on any atom is -0.437 e. The lowest BCUT2D eigenvalue weighted by Crippen LogP contribution is -2.31. The first kappa shape index (κ1) is 28.9. The lowest BCUT2D eigenvalue weighted by Gasteiger charge is -2.19. The fourth-order valence-electron chi connectivity index (χ4n) is 4.33. The predicted octanol–water partition coefficient (Wildman–Crippen LogP) is 6.56. The molecule has 1 unspecified atom stereocenters. The monoisotopic (exact) mass is 584 g/mol. The zero-order valence-corrected chi connectivity index (χ0v) is 22.6. The van der Waals surface area contributed by atoms with E-state index in [9.17, 15) is 27.6 Å². The highest BCUT2D eigenvalue weighted by Gasteiger charge is 2.30. The Hall–Kier alpha value is -5.58. The lowest BCUT2D eigenvalue weighted by atomic mass is 10.0. The van der Waals surface area contributed by atoms with Crippen LogP contribution in [0.2, 0.25) is 0 Å². The molecule has 0 saturated carbocycles. The molecular formula is C32H23F3N4O4. The average molecular weight is 585 g/mol.